The molecule has 0 spiro atoms. The van der Waals surface area contributed by atoms with E-state index in [0.717, 1.165) is 46.0 Å². The van der Waals surface area contributed by atoms with Crippen molar-refractivity contribution >= 4 is 22.5 Å². The van der Waals surface area contributed by atoms with E-state index < -0.39 is 0 Å². The van der Waals surface area contributed by atoms with Crippen molar-refractivity contribution in [3.8, 4) is 11.1 Å². The number of likely N-dealkylation sites (N-methyl/N-ethyl adjacent to an activating group) is 1. The lowest BCUT2D eigenvalue weighted by Crippen LogP contribution is -3.00. The highest BCUT2D eigenvalue weighted by Crippen LogP contribution is 2.39. The molecule has 0 radical (unpaired) electrons. The van der Waals surface area contributed by atoms with Crippen LogP contribution < -0.4 is 29.3 Å². The van der Waals surface area contributed by atoms with Gasteiger partial charge < -0.3 is 33.8 Å². The molecular weight excluding hydrogens is 489 g/mol. The van der Waals surface area contributed by atoms with Crippen molar-refractivity contribution in [1.82, 2.24) is 10.3 Å². The fourth-order valence-electron chi connectivity index (χ4n) is 3.99. The molecule has 30 heavy (non-hydrogen) atoms. The molecule has 156 valence electrons. The third-order valence-corrected chi connectivity index (χ3v) is 6.30. The standard InChI is InChI=1S/C24H25N3O2.HI/c1-4-27(3,5-2)14-13-25-24(29)20-15-26-22-21-17(11-8-12-18(20)21)16-9-6-7-10-19(16)23(22)28;/h6-12,15H,4-5,13-14H2,1-3H3;1H. The van der Waals surface area contributed by atoms with E-state index in [1.807, 2.05) is 42.5 Å². The number of hydrogen-bond donors (Lipinski definition) is 1. The summed E-state index contributed by atoms with van der Waals surface area (Å²) in [6.45, 7) is 7.85. The Morgan fingerprint density at radius 1 is 1.00 bits per heavy atom. The summed E-state index contributed by atoms with van der Waals surface area (Å²) in [4.78, 5) is 30.3. The number of amides is 1. The van der Waals surface area contributed by atoms with Crippen LogP contribution in [0.15, 0.2) is 48.7 Å². The van der Waals surface area contributed by atoms with E-state index in [1.54, 1.807) is 0 Å². The maximum absolute atomic E-state index is 13.0. The van der Waals surface area contributed by atoms with E-state index in [9.17, 15) is 9.59 Å². The number of ketones is 1. The van der Waals surface area contributed by atoms with E-state index in [-0.39, 0.29) is 35.7 Å². The van der Waals surface area contributed by atoms with Gasteiger partial charge in [-0.05, 0) is 30.4 Å². The molecule has 4 rings (SSSR count). The predicted molar refractivity (Wildman–Crippen MR) is 115 cm³/mol. The van der Waals surface area contributed by atoms with Crippen LogP contribution in [-0.4, -0.2) is 54.4 Å². The quantitative estimate of drug-likeness (QED) is 0.304. The van der Waals surface area contributed by atoms with Gasteiger partial charge in [-0.15, -0.1) is 0 Å². The molecule has 1 aromatic heterocycles. The minimum atomic E-state index is -0.147. The molecule has 2 aromatic carbocycles. The largest absolute Gasteiger partial charge is 1.00 e. The van der Waals surface area contributed by atoms with Gasteiger partial charge in [0.2, 0.25) is 5.78 Å². The minimum absolute atomic E-state index is 0. The molecule has 1 aliphatic carbocycles. The van der Waals surface area contributed by atoms with Crippen LogP contribution in [-0.2, 0) is 0 Å². The third kappa shape index (κ3) is 3.74. The monoisotopic (exact) mass is 515 g/mol. The number of carbonyl (C=O) groups is 2. The van der Waals surface area contributed by atoms with Crippen LogP contribution in [0.3, 0.4) is 0 Å². The first-order valence-electron chi connectivity index (χ1n) is 10.2. The lowest BCUT2D eigenvalue weighted by atomic mass is 9.84. The molecule has 0 saturated heterocycles. The predicted octanol–water partition coefficient (Wildman–Crippen LogP) is 0.666. The van der Waals surface area contributed by atoms with E-state index in [0.29, 0.717) is 23.4 Å². The molecule has 0 atom stereocenters. The van der Waals surface area contributed by atoms with Crippen LogP contribution in [0.2, 0.25) is 0 Å². The smallest absolute Gasteiger partial charge is 0.253 e. The molecule has 1 aliphatic rings. The van der Waals surface area contributed by atoms with Crippen LogP contribution in [0.25, 0.3) is 21.9 Å². The molecule has 3 aromatic rings. The number of quaternary nitrogens is 1. The minimum Gasteiger partial charge on any atom is -1.00 e. The molecule has 0 aliphatic heterocycles. The Hall–Kier alpha value is -2.32. The number of nitrogens with zero attached hydrogens (tertiary/aromatic N) is 2. The zero-order chi connectivity index (χ0) is 20.6. The van der Waals surface area contributed by atoms with E-state index >= 15 is 0 Å². The fourth-order valence-corrected chi connectivity index (χ4v) is 3.99. The van der Waals surface area contributed by atoms with Crippen LogP contribution in [0.5, 0.6) is 0 Å². The highest BCUT2D eigenvalue weighted by atomic mass is 127. The van der Waals surface area contributed by atoms with Gasteiger partial charge in [0.25, 0.3) is 5.91 Å². The van der Waals surface area contributed by atoms with Gasteiger partial charge >= 0.3 is 0 Å². The Bertz CT molecular complexity index is 1120. The summed E-state index contributed by atoms with van der Waals surface area (Å²) in [7, 11) is 2.19. The second-order valence-corrected chi connectivity index (χ2v) is 7.85. The van der Waals surface area contributed by atoms with E-state index in [2.05, 4.69) is 31.2 Å². The summed E-state index contributed by atoms with van der Waals surface area (Å²) in [5.41, 5.74) is 3.45. The number of fused-ring (bicyclic) bond motifs is 2. The van der Waals surface area contributed by atoms with E-state index in [4.69, 9.17) is 0 Å². The van der Waals surface area contributed by atoms with Gasteiger partial charge in [0.1, 0.15) is 5.69 Å². The number of aromatic nitrogens is 1. The van der Waals surface area contributed by atoms with Gasteiger partial charge in [-0.3, -0.25) is 14.6 Å². The number of hydrogen-bond acceptors (Lipinski definition) is 3. The highest BCUT2D eigenvalue weighted by molar-refractivity contribution is 6.26. The summed E-state index contributed by atoms with van der Waals surface area (Å²) in [5.74, 6) is -0.235. The van der Waals surface area contributed by atoms with Crippen LogP contribution in [0, 0.1) is 0 Å². The Balaban J connectivity index is 0.00000256. The van der Waals surface area contributed by atoms with Crippen molar-refractivity contribution in [3.63, 3.8) is 0 Å². The summed E-state index contributed by atoms with van der Waals surface area (Å²) in [6, 6.07) is 13.4. The van der Waals surface area contributed by atoms with Gasteiger partial charge in [-0.2, -0.15) is 0 Å². The Morgan fingerprint density at radius 3 is 2.37 bits per heavy atom. The Kier molecular flexibility index (Phi) is 6.57. The topological polar surface area (TPSA) is 59.1 Å². The van der Waals surface area contributed by atoms with Crippen molar-refractivity contribution in [2.24, 2.45) is 0 Å². The van der Waals surface area contributed by atoms with Crippen molar-refractivity contribution in [2.45, 2.75) is 13.8 Å². The first-order chi connectivity index (χ1) is 14.0. The summed E-state index contributed by atoms with van der Waals surface area (Å²) in [6.07, 6.45) is 1.54. The van der Waals surface area contributed by atoms with Crippen LogP contribution >= 0.6 is 0 Å². The molecule has 0 saturated carbocycles. The molecule has 6 heteroatoms. The normalized spacial score (nSPS) is 12.3. The first-order valence-corrected chi connectivity index (χ1v) is 10.2. The molecule has 0 unspecified atom stereocenters. The molecule has 1 N–H and O–H groups in total. The summed E-state index contributed by atoms with van der Waals surface area (Å²) in [5, 5.41) is 4.59. The maximum atomic E-state index is 13.0. The SMILES string of the molecule is CC[N+](C)(CC)CCNC(=O)c1cnc2c3c(cccc13)-c1ccccc1C2=O.[I-]. The van der Waals surface area contributed by atoms with Gasteiger partial charge in [-0.1, -0.05) is 42.5 Å². The lowest BCUT2D eigenvalue weighted by Gasteiger charge is -2.32. The zero-order valence-electron chi connectivity index (χ0n) is 17.5. The number of halogens is 1. The molecule has 0 fully saturated rings. The molecule has 5 nitrogen and oxygen atoms in total. The summed E-state index contributed by atoms with van der Waals surface area (Å²) < 4.78 is 0.910. The van der Waals surface area contributed by atoms with Crippen LogP contribution in [0.4, 0.5) is 0 Å². The zero-order valence-corrected chi connectivity index (χ0v) is 19.7. The fraction of sp³-hybridized carbons (Fsp3) is 0.292. The molecule has 1 heterocycles. The van der Waals surface area contributed by atoms with Crippen molar-refractivity contribution in [1.29, 1.82) is 0 Å². The second-order valence-electron chi connectivity index (χ2n) is 7.85. The van der Waals surface area contributed by atoms with Gasteiger partial charge in [0.05, 0.1) is 38.8 Å². The molecular formula is C24H26IN3O2. The summed E-state index contributed by atoms with van der Waals surface area (Å²) >= 11 is 0. The number of benzene rings is 2. The van der Waals surface area contributed by atoms with Crippen molar-refractivity contribution in [2.75, 3.05) is 33.2 Å². The van der Waals surface area contributed by atoms with Crippen molar-refractivity contribution in [3.05, 3.63) is 65.5 Å². The average molecular weight is 515 g/mol. The van der Waals surface area contributed by atoms with Crippen LogP contribution in [0.1, 0.15) is 40.3 Å². The van der Waals surface area contributed by atoms with Gasteiger partial charge in [0.15, 0.2) is 0 Å². The first kappa shape index (κ1) is 22.4. The number of pyridine rings is 1. The Labute approximate surface area is 194 Å². The van der Waals surface area contributed by atoms with Gasteiger partial charge in [-0.25, -0.2) is 0 Å². The maximum Gasteiger partial charge on any atom is 0.253 e. The highest BCUT2D eigenvalue weighted by Gasteiger charge is 2.28. The van der Waals surface area contributed by atoms with Gasteiger partial charge in [0, 0.05) is 17.1 Å². The third-order valence-electron chi connectivity index (χ3n) is 6.30. The lowest BCUT2D eigenvalue weighted by molar-refractivity contribution is -0.904. The molecule has 1 amide bonds. The number of nitrogens with one attached hydrogen (secondary N) is 1. The number of rotatable bonds is 6. The second kappa shape index (κ2) is 8.81. The Morgan fingerprint density at radius 2 is 1.67 bits per heavy atom. The molecule has 0 bridgehead atoms. The van der Waals surface area contributed by atoms with Crippen molar-refractivity contribution < 1.29 is 38.0 Å². The van der Waals surface area contributed by atoms with E-state index in [1.165, 1.54) is 6.20 Å². The average Bonchev–Trinajstić information content (AvgIpc) is 2.76. The number of carbonyl (C=O) groups excluding carboxylic acids is 2.